The molecular formula is C29H33N9O5S. The van der Waals surface area contributed by atoms with Gasteiger partial charge in [-0.1, -0.05) is 18.2 Å². The Balaban J connectivity index is 1.19. The van der Waals surface area contributed by atoms with Crippen molar-refractivity contribution in [2.24, 2.45) is 0 Å². The Kier molecular flexibility index (Phi) is 7.37. The molecule has 44 heavy (non-hydrogen) atoms. The number of nitrogens with two attached hydrogens (primary N) is 2. The van der Waals surface area contributed by atoms with Crippen LogP contribution in [0, 0.1) is 0 Å². The maximum Gasteiger partial charge on any atom is 0.407 e. The fourth-order valence-electron chi connectivity index (χ4n) is 5.25. The van der Waals surface area contributed by atoms with Crippen molar-refractivity contribution in [2.75, 3.05) is 30.3 Å². The smallest absolute Gasteiger partial charge is 0.407 e. The number of fused-ring (bicyclic) bond motifs is 3. The average molecular weight is 620 g/mol. The molecule has 0 radical (unpaired) electrons. The second-order valence-electron chi connectivity index (χ2n) is 11.6. The van der Waals surface area contributed by atoms with E-state index in [1.54, 1.807) is 31.5 Å². The Morgan fingerprint density at radius 3 is 2.73 bits per heavy atom. The lowest BCUT2D eigenvalue weighted by Gasteiger charge is -2.28. The van der Waals surface area contributed by atoms with E-state index >= 15 is 0 Å². The number of nitrogens with one attached hydrogen (secondary N) is 1. The summed E-state index contributed by atoms with van der Waals surface area (Å²) < 4.78 is 39.8. The first kappa shape index (κ1) is 29.3. The number of anilines is 2. The molecule has 5 N–H and O–H groups in total. The minimum absolute atomic E-state index is 0.0338. The van der Waals surface area contributed by atoms with Crippen molar-refractivity contribution in [3.63, 3.8) is 0 Å². The molecule has 0 aliphatic carbocycles. The Bertz CT molecular complexity index is 2000. The predicted molar refractivity (Wildman–Crippen MR) is 165 cm³/mol. The fourth-order valence-corrected chi connectivity index (χ4v) is 6.57. The van der Waals surface area contributed by atoms with Gasteiger partial charge in [-0.3, -0.25) is 0 Å². The number of sulfonamides is 1. The first-order valence-corrected chi connectivity index (χ1v) is 15.7. The van der Waals surface area contributed by atoms with Crippen LogP contribution in [0.3, 0.4) is 0 Å². The number of oxazole rings is 1. The molecule has 0 saturated carbocycles. The first-order chi connectivity index (χ1) is 20.9. The van der Waals surface area contributed by atoms with Gasteiger partial charge in [0.15, 0.2) is 11.2 Å². The van der Waals surface area contributed by atoms with Crippen LogP contribution in [0.1, 0.15) is 37.5 Å². The van der Waals surface area contributed by atoms with Gasteiger partial charge in [0.25, 0.3) is 6.01 Å². The number of aromatic nitrogens is 5. The van der Waals surface area contributed by atoms with E-state index in [-0.39, 0.29) is 24.9 Å². The summed E-state index contributed by atoms with van der Waals surface area (Å²) in [5.74, 6) is 0.0973. The summed E-state index contributed by atoms with van der Waals surface area (Å²) >= 11 is 0. The summed E-state index contributed by atoms with van der Waals surface area (Å²) in [6, 6.07) is 11.5. The molecule has 1 amide bonds. The summed E-state index contributed by atoms with van der Waals surface area (Å²) in [4.78, 5) is 24.8. The van der Waals surface area contributed by atoms with Crippen LogP contribution in [0.4, 0.5) is 16.6 Å². The average Bonchev–Trinajstić information content (AvgIpc) is 3.51. The predicted octanol–water partition coefficient (Wildman–Crippen LogP) is 3.06. The van der Waals surface area contributed by atoms with Gasteiger partial charge in [-0.2, -0.15) is 14.4 Å². The number of carbonyl (C=O) groups excluding carboxylic acids is 1. The molecule has 15 heteroatoms. The summed E-state index contributed by atoms with van der Waals surface area (Å²) in [5, 5.41) is 8.01. The number of hydrogen-bond acceptors (Lipinski definition) is 11. The lowest BCUT2D eigenvalue weighted by Crippen LogP contribution is -2.41. The molecule has 0 fully saturated rings. The maximum absolute atomic E-state index is 13.0. The number of carbonyl (C=O) groups is 1. The van der Waals surface area contributed by atoms with Gasteiger partial charge < -0.3 is 25.9 Å². The summed E-state index contributed by atoms with van der Waals surface area (Å²) in [7, 11) is -3.58. The molecular weight excluding hydrogens is 586 g/mol. The minimum Gasteiger partial charge on any atom is -0.444 e. The van der Waals surface area contributed by atoms with Gasteiger partial charge in [-0.15, -0.1) is 0 Å². The second kappa shape index (κ2) is 11.1. The SMILES string of the molecule is CC(C)(C)OC(=O)NCCS(=O)(=O)N1CCc2cc(Cn3nc(-c4ccc5oc(N)nc5c4)c4c(N)ncnc43)ccc2C1. The lowest BCUT2D eigenvalue weighted by atomic mass is 9.98. The molecule has 0 unspecified atom stereocenters. The molecule has 0 saturated heterocycles. The van der Waals surface area contributed by atoms with Crippen LogP contribution in [0.5, 0.6) is 0 Å². The normalized spacial score (nSPS) is 14.2. The van der Waals surface area contributed by atoms with Crippen molar-refractivity contribution in [1.29, 1.82) is 0 Å². The van der Waals surface area contributed by atoms with Gasteiger partial charge in [0, 0.05) is 25.2 Å². The third-order valence-corrected chi connectivity index (χ3v) is 9.06. The van der Waals surface area contributed by atoms with Crippen LogP contribution in [-0.2, 0) is 34.3 Å². The number of hydrogen-bond donors (Lipinski definition) is 3. The molecule has 1 aliphatic heterocycles. The van der Waals surface area contributed by atoms with Gasteiger partial charge in [-0.25, -0.2) is 27.9 Å². The minimum atomic E-state index is -3.58. The van der Waals surface area contributed by atoms with Crippen LogP contribution < -0.4 is 16.8 Å². The van der Waals surface area contributed by atoms with E-state index in [1.165, 1.54) is 10.6 Å². The van der Waals surface area contributed by atoms with E-state index in [1.807, 2.05) is 24.3 Å². The number of benzene rings is 2. The van der Waals surface area contributed by atoms with Gasteiger partial charge >= 0.3 is 6.09 Å². The van der Waals surface area contributed by atoms with Crippen LogP contribution in [-0.4, -0.2) is 68.0 Å². The molecule has 0 spiro atoms. The van der Waals surface area contributed by atoms with E-state index < -0.39 is 21.7 Å². The molecule has 2 aromatic carbocycles. The molecule has 1 aliphatic rings. The summed E-state index contributed by atoms with van der Waals surface area (Å²) in [5.41, 5.74) is 17.5. The first-order valence-electron chi connectivity index (χ1n) is 14.0. The molecule has 3 aromatic heterocycles. The maximum atomic E-state index is 13.0. The third-order valence-electron chi connectivity index (χ3n) is 7.24. The number of nitrogens with zero attached hydrogens (tertiary/aromatic N) is 6. The molecule has 0 bridgehead atoms. The van der Waals surface area contributed by atoms with Gasteiger partial charge in [0.05, 0.1) is 17.7 Å². The number of amides is 1. The van der Waals surface area contributed by atoms with E-state index in [0.717, 1.165) is 22.3 Å². The van der Waals surface area contributed by atoms with Crippen molar-refractivity contribution in [3.05, 3.63) is 59.4 Å². The molecule has 4 heterocycles. The van der Waals surface area contributed by atoms with Crippen LogP contribution in [0.2, 0.25) is 0 Å². The number of ether oxygens (including phenoxy) is 1. The number of rotatable bonds is 7. The lowest BCUT2D eigenvalue weighted by molar-refractivity contribution is 0.0531. The highest BCUT2D eigenvalue weighted by atomic mass is 32.2. The van der Waals surface area contributed by atoms with Crippen molar-refractivity contribution in [2.45, 2.75) is 45.9 Å². The largest absolute Gasteiger partial charge is 0.444 e. The Labute approximate surface area is 253 Å². The topological polar surface area (TPSA) is 197 Å². The molecule has 6 rings (SSSR count). The molecule has 0 atom stereocenters. The van der Waals surface area contributed by atoms with E-state index in [4.69, 9.17) is 25.7 Å². The van der Waals surface area contributed by atoms with Gasteiger partial charge in [0.2, 0.25) is 10.0 Å². The number of alkyl carbamates (subject to hydrolysis) is 1. The van der Waals surface area contributed by atoms with E-state index in [2.05, 4.69) is 26.3 Å². The van der Waals surface area contributed by atoms with Gasteiger partial charge in [-0.05, 0) is 62.1 Å². The highest BCUT2D eigenvalue weighted by Crippen LogP contribution is 2.33. The van der Waals surface area contributed by atoms with Crippen molar-refractivity contribution >= 4 is 50.1 Å². The van der Waals surface area contributed by atoms with E-state index in [9.17, 15) is 13.2 Å². The Morgan fingerprint density at radius 2 is 1.93 bits per heavy atom. The fraction of sp³-hybridized carbons (Fsp3) is 0.345. The van der Waals surface area contributed by atoms with Crippen LogP contribution in [0.25, 0.3) is 33.4 Å². The van der Waals surface area contributed by atoms with Crippen LogP contribution >= 0.6 is 0 Å². The Hall–Kier alpha value is -4.76. The standard InChI is InChI=1S/C29H33N9O5S/c1-29(2,3)43-28(39)32-9-11-44(40,41)37-10-8-18-12-17(4-5-20(18)15-37)14-38-26-23(25(30)33-16-34-26)24(36-38)19-6-7-22-21(13-19)35-27(31)42-22/h4-7,12-13,16H,8-11,14-15H2,1-3H3,(H2,31,35)(H,32,39)(H2,30,33,34). The highest BCUT2D eigenvalue weighted by molar-refractivity contribution is 7.89. The van der Waals surface area contributed by atoms with Crippen molar-refractivity contribution in [3.8, 4) is 11.3 Å². The summed E-state index contributed by atoms with van der Waals surface area (Å²) in [6.07, 6.45) is 1.33. The zero-order valence-corrected chi connectivity index (χ0v) is 25.4. The molecule has 14 nitrogen and oxygen atoms in total. The van der Waals surface area contributed by atoms with Crippen LogP contribution in [0.15, 0.2) is 47.1 Å². The van der Waals surface area contributed by atoms with E-state index in [0.29, 0.717) is 53.2 Å². The van der Waals surface area contributed by atoms with Crippen molar-refractivity contribution in [1.82, 2.24) is 34.4 Å². The third kappa shape index (κ3) is 6.01. The number of nitrogen functional groups attached to an aromatic ring is 2. The zero-order valence-electron chi connectivity index (χ0n) is 24.6. The van der Waals surface area contributed by atoms with Gasteiger partial charge in [0.1, 0.15) is 29.0 Å². The molecule has 230 valence electrons. The quantitative estimate of drug-likeness (QED) is 0.242. The Morgan fingerprint density at radius 1 is 1.11 bits per heavy atom. The molecule has 5 aromatic rings. The summed E-state index contributed by atoms with van der Waals surface area (Å²) in [6.45, 7) is 6.23. The second-order valence-corrected chi connectivity index (χ2v) is 13.7. The highest BCUT2D eigenvalue weighted by Gasteiger charge is 2.27. The van der Waals surface area contributed by atoms with Crippen molar-refractivity contribution < 1.29 is 22.4 Å². The monoisotopic (exact) mass is 619 g/mol. The zero-order chi connectivity index (χ0) is 31.2.